The van der Waals surface area contributed by atoms with Gasteiger partial charge >= 0.3 is 0 Å². The summed E-state index contributed by atoms with van der Waals surface area (Å²) in [5.41, 5.74) is 0.655. The lowest BCUT2D eigenvalue weighted by molar-refractivity contribution is -0.117. The highest BCUT2D eigenvalue weighted by Crippen LogP contribution is 2.18. The number of aromatic nitrogens is 2. The van der Waals surface area contributed by atoms with Crippen LogP contribution in [0.25, 0.3) is 11.8 Å². The Balaban J connectivity index is 2.14. The van der Waals surface area contributed by atoms with Crippen LogP contribution in [0.5, 0.6) is 0 Å². The van der Waals surface area contributed by atoms with E-state index in [0.717, 1.165) is 4.47 Å². The molecule has 22 heavy (non-hydrogen) atoms. The Bertz CT molecular complexity index is 716. The second kappa shape index (κ2) is 6.44. The minimum absolute atomic E-state index is 0.215. The normalized spacial score (nSPS) is 11.9. The van der Waals surface area contributed by atoms with Crippen molar-refractivity contribution in [1.29, 1.82) is 0 Å². The van der Waals surface area contributed by atoms with Crippen molar-refractivity contribution in [2.45, 2.75) is 26.3 Å². The molecule has 1 heterocycles. The maximum absolute atomic E-state index is 14.1. The summed E-state index contributed by atoms with van der Waals surface area (Å²) in [6.45, 7) is 5.69. The molecule has 0 bridgehead atoms. The smallest absolute Gasteiger partial charge is 0.244 e. The summed E-state index contributed by atoms with van der Waals surface area (Å²) in [6.07, 6.45) is 6.23. The third-order valence-corrected chi connectivity index (χ3v) is 3.10. The van der Waals surface area contributed by atoms with Gasteiger partial charge in [0, 0.05) is 17.8 Å². The molecule has 1 N–H and O–H groups in total. The second-order valence-electron chi connectivity index (χ2n) is 5.89. The lowest BCUT2D eigenvalue weighted by atomic mass is 10.1. The van der Waals surface area contributed by atoms with Gasteiger partial charge in [-0.15, -0.1) is 0 Å². The number of carbonyl (C=O) groups is 1. The van der Waals surface area contributed by atoms with Crippen molar-refractivity contribution >= 4 is 27.9 Å². The lowest BCUT2D eigenvalue weighted by Crippen LogP contribution is -2.39. The lowest BCUT2D eigenvalue weighted by Gasteiger charge is -2.18. The van der Waals surface area contributed by atoms with Crippen molar-refractivity contribution in [1.82, 2.24) is 15.1 Å². The molecule has 2 aromatic rings. The first-order chi connectivity index (χ1) is 10.2. The van der Waals surface area contributed by atoms with Crippen molar-refractivity contribution in [2.24, 2.45) is 0 Å². The average molecular weight is 366 g/mol. The standard InChI is InChI=1S/C16H17BrFN3O/c1-16(2,3)20-15(22)7-5-11-4-6-14(13(18)8-11)21-10-12(17)9-19-21/h4-10H,1-3H3,(H,20,22)/b7-5+. The molecule has 1 aromatic heterocycles. The Morgan fingerprint density at radius 1 is 1.41 bits per heavy atom. The number of hydrogen-bond acceptors (Lipinski definition) is 2. The summed E-state index contributed by atoms with van der Waals surface area (Å²) in [5.74, 6) is -0.623. The number of amides is 1. The van der Waals surface area contributed by atoms with Gasteiger partial charge in [0.25, 0.3) is 0 Å². The molecule has 2 rings (SSSR count). The zero-order valence-electron chi connectivity index (χ0n) is 12.6. The Labute approximate surface area is 137 Å². The molecule has 0 spiro atoms. The molecule has 1 amide bonds. The van der Waals surface area contributed by atoms with Gasteiger partial charge in [0.15, 0.2) is 0 Å². The van der Waals surface area contributed by atoms with Gasteiger partial charge in [-0.2, -0.15) is 5.10 Å². The number of halogens is 2. The van der Waals surface area contributed by atoms with E-state index in [2.05, 4.69) is 26.3 Å². The molecule has 116 valence electrons. The van der Waals surface area contributed by atoms with Crippen molar-refractivity contribution in [3.63, 3.8) is 0 Å². The largest absolute Gasteiger partial charge is 0.348 e. The van der Waals surface area contributed by atoms with Crippen LogP contribution in [-0.4, -0.2) is 21.2 Å². The van der Waals surface area contributed by atoms with E-state index in [-0.39, 0.29) is 11.4 Å². The molecule has 0 unspecified atom stereocenters. The molecule has 6 heteroatoms. The molecule has 0 radical (unpaired) electrons. The number of carbonyl (C=O) groups excluding carboxylic acids is 1. The zero-order valence-corrected chi connectivity index (χ0v) is 14.2. The molecule has 0 fully saturated rings. The topological polar surface area (TPSA) is 46.9 Å². The van der Waals surface area contributed by atoms with Gasteiger partial charge in [-0.05, 0) is 60.5 Å². The monoisotopic (exact) mass is 365 g/mol. The zero-order chi connectivity index (χ0) is 16.3. The third-order valence-electron chi connectivity index (χ3n) is 2.69. The van der Waals surface area contributed by atoms with E-state index in [9.17, 15) is 9.18 Å². The molecule has 0 saturated carbocycles. The van der Waals surface area contributed by atoms with Crippen LogP contribution in [0.4, 0.5) is 4.39 Å². The molecule has 0 atom stereocenters. The molecule has 0 saturated heterocycles. The average Bonchev–Trinajstić information content (AvgIpc) is 2.81. The Morgan fingerprint density at radius 2 is 2.14 bits per heavy atom. The van der Waals surface area contributed by atoms with E-state index in [4.69, 9.17) is 0 Å². The van der Waals surface area contributed by atoms with Gasteiger partial charge in [0.1, 0.15) is 11.5 Å². The van der Waals surface area contributed by atoms with Crippen LogP contribution in [0.2, 0.25) is 0 Å². The predicted octanol–water partition coefficient (Wildman–Crippen LogP) is 3.70. The summed E-state index contributed by atoms with van der Waals surface area (Å²) in [7, 11) is 0. The van der Waals surface area contributed by atoms with Crippen LogP contribution in [0, 0.1) is 5.82 Å². The summed E-state index contributed by atoms with van der Waals surface area (Å²) < 4.78 is 16.3. The van der Waals surface area contributed by atoms with Gasteiger partial charge in [0.2, 0.25) is 5.91 Å². The minimum Gasteiger partial charge on any atom is -0.348 e. The van der Waals surface area contributed by atoms with Crippen molar-refractivity contribution in [3.05, 3.63) is 52.5 Å². The summed E-state index contributed by atoms with van der Waals surface area (Å²) in [6, 6.07) is 4.72. The third kappa shape index (κ3) is 4.53. The van der Waals surface area contributed by atoms with Crippen molar-refractivity contribution in [3.8, 4) is 5.69 Å². The number of nitrogens with zero attached hydrogens (tertiary/aromatic N) is 2. The fraction of sp³-hybridized carbons (Fsp3) is 0.250. The van der Waals surface area contributed by atoms with Crippen molar-refractivity contribution < 1.29 is 9.18 Å². The highest BCUT2D eigenvalue weighted by Gasteiger charge is 2.11. The fourth-order valence-electron chi connectivity index (χ4n) is 1.83. The van der Waals surface area contributed by atoms with Crippen LogP contribution in [0.1, 0.15) is 26.3 Å². The molecule has 4 nitrogen and oxygen atoms in total. The van der Waals surface area contributed by atoms with E-state index in [1.807, 2.05) is 20.8 Å². The van der Waals surface area contributed by atoms with Crippen LogP contribution >= 0.6 is 15.9 Å². The SMILES string of the molecule is CC(C)(C)NC(=O)/C=C/c1ccc(-n2cc(Br)cn2)c(F)c1. The molecule has 0 aliphatic heterocycles. The summed E-state index contributed by atoms with van der Waals surface area (Å²) in [4.78, 5) is 11.7. The first-order valence-corrected chi connectivity index (χ1v) is 7.54. The van der Waals surface area contributed by atoms with Gasteiger partial charge in [-0.3, -0.25) is 4.79 Å². The molecular weight excluding hydrogens is 349 g/mol. The molecular formula is C16H17BrFN3O. The van der Waals surface area contributed by atoms with Crippen LogP contribution in [0.15, 0.2) is 41.1 Å². The van der Waals surface area contributed by atoms with Crippen LogP contribution in [0.3, 0.4) is 0 Å². The summed E-state index contributed by atoms with van der Waals surface area (Å²) in [5, 5.41) is 6.84. The van der Waals surface area contributed by atoms with Gasteiger partial charge in [-0.25, -0.2) is 9.07 Å². The first-order valence-electron chi connectivity index (χ1n) is 6.75. The maximum atomic E-state index is 14.1. The van der Waals surface area contributed by atoms with Gasteiger partial charge in [0.05, 0.1) is 10.7 Å². The Kier molecular flexibility index (Phi) is 4.81. The molecule has 0 aliphatic carbocycles. The van der Waals surface area contributed by atoms with E-state index in [1.165, 1.54) is 16.8 Å². The highest BCUT2D eigenvalue weighted by atomic mass is 79.9. The Morgan fingerprint density at radius 3 is 2.68 bits per heavy atom. The Hall–Kier alpha value is -1.95. The highest BCUT2D eigenvalue weighted by molar-refractivity contribution is 9.10. The van der Waals surface area contributed by atoms with E-state index < -0.39 is 5.82 Å². The second-order valence-corrected chi connectivity index (χ2v) is 6.80. The number of nitrogens with one attached hydrogen (secondary N) is 1. The molecule has 0 aliphatic rings. The fourth-order valence-corrected chi connectivity index (χ4v) is 2.11. The van der Waals surface area contributed by atoms with Crippen LogP contribution < -0.4 is 5.32 Å². The van der Waals surface area contributed by atoms with E-state index in [1.54, 1.807) is 30.6 Å². The van der Waals surface area contributed by atoms with Gasteiger partial charge in [-0.1, -0.05) is 6.07 Å². The number of benzene rings is 1. The number of hydrogen-bond donors (Lipinski definition) is 1. The van der Waals surface area contributed by atoms with E-state index in [0.29, 0.717) is 11.3 Å². The van der Waals surface area contributed by atoms with Crippen LogP contribution in [-0.2, 0) is 4.79 Å². The maximum Gasteiger partial charge on any atom is 0.244 e. The summed E-state index contributed by atoms with van der Waals surface area (Å²) >= 11 is 3.27. The quantitative estimate of drug-likeness (QED) is 0.842. The minimum atomic E-state index is -0.408. The molecule has 1 aromatic carbocycles. The van der Waals surface area contributed by atoms with E-state index >= 15 is 0 Å². The number of rotatable bonds is 3. The predicted molar refractivity (Wildman–Crippen MR) is 88.2 cm³/mol. The van der Waals surface area contributed by atoms with Gasteiger partial charge < -0.3 is 5.32 Å². The first kappa shape index (κ1) is 16.4. The van der Waals surface area contributed by atoms with Crippen molar-refractivity contribution in [2.75, 3.05) is 0 Å².